The van der Waals surface area contributed by atoms with Crippen LogP contribution in [0.1, 0.15) is 5.56 Å². The zero-order valence-electron chi connectivity index (χ0n) is 13.1. The molecule has 0 saturated heterocycles. The van der Waals surface area contributed by atoms with Gasteiger partial charge in [0.05, 0.1) is 16.8 Å². The van der Waals surface area contributed by atoms with E-state index >= 15 is 0 Å². The fourth-order valence-electron chi connectivity index (χ4n) is 2.75. The lowest BCUT2D eigenvalue weighted by Gasteiger charge is -2.08. The second kappa shape index (κ2) is 5.94. The molecule has 0 spiro atoms. The van der Waals surface area contributed by atoms with Crippen molar-refractivity contribution in [1.29, 1.82) is 0 Å². The molecule has 4 nitrogen and oxygen atoms in total. The van der Waals surface area contributed by atoms with Gasteiger partial charge in [-0.05, 0) is 42.1 Å². The average molecular weight is 333 g/mol. The number of benzene rings is 2. The minimum absolute atomic E-state index is 0.266. The molecule has 4 aromatic rings. The molecule has 0 fully saturated rings. The number of aromatic nitrogens is 2. The molecule has 2 aromatic heterocycles. The van der Waals surface area contributed by atoms with Crippen LogP contribution in [-0.2, 0) is 0 Å². The Morgan fingerprint density at radius 1 is 1.04 bits per heavy atom. The number of rotatable bonds is 2. The Hall–Kier alpha value is -2.92. The van der Waals surface area contributed by atoms with E-state index in [-0.39, 0.29) is 6.03 Å². The molecule has 0 bridgehead atoms. The summed E-state index contributed by atoms with van der Waals surface area (Å²) in [6.07, 6.45) is 1.66. The van der Waals surface area contributed by atoms with Gasteiger partial charge in [-0.2, -0.15) is 9.78 Å². The maximum Gasteiger partial charge on any atom is 0.347 e. The van der Waals surface area contributed by atoms with Gasteiger partial charge in [-0.15, -0.1) is 11.3 Å². The number of carbonyl (C=O) groups excluding carboxylic acids is 1. The molecule has 24 heavy (non-hydrogen) atoms. The number of nitrogens with one attached hydrogen (secondary N) is 1. The smallest absolute Gasteiger partial charge is 0.306 e. The molecule has 2 aromatic carbocycles. The molecule has 118 valence electrons. The van der Waals surface area contributed by atoms with Gasteiger partial charge in [0.1, 0.15) is 0 Å². The summed E-state index contributed by atoms with van der Waals surface area (Å²) in [6.45, 7) is 2.08. The van der Waals surface area contributed by atoms with Crippen LogP contribution in [0.4, 0.5) is 10.5 Å². The van der Waals surface area contributed by atoms with Crippen LogP contribution in [0.25, 0.3) is 20.7 Å². The highest BCUT2D eigenvalue weighted by Crippen LogP contribution is 2.37. The summed E-state index contributed by atoms with van der Waals surface area (Å²) in [6, 6.07) is 19.3. The first-order valence-corrected chi connectivity index (χ1v) is 8.44. The standard InChI is InChI=1S/C19H15N3OS/c1-13-15-9-5-6-10-17(15)24-18(13)16-11-12-20-22(16)19(23)21-14-7-3-2-4-8-14/h2-12H,1H3,(H,21,23). The van der Waals surface area contributed by atoms with E-state index in [1.807, 2.05) is 48.5 Å². The molecule has 2 heterocycles. The first kappa shape index (κ1) is 14.7. The van der Waals surface area contributed by atoms with E-state index in [4.69, 9.17) is 0 Å². The summed E-state index contributed by atoms with van der Waals surface area (Å²) < 4.78 is 2.63. The van der Waals surface area contributed by atoms with Gasteiger partial charge in [-0.3, -0.25) is 0 Å². The first-order chi connectivity index (χ1) is 11.7. The summed E-state index contributed by atoms with van der Waals surface area (Å²) in [7, 11) is 0. The minimum atomic E-state index is -0.266. The Labute approximate surface area is 143 Å². The predicted octanol–water partition coefficient (Wildman–Crippen LogP) is 5.15. The second-order valence-electron chi connectivity index (χ2n) is 5.48. The van der Waals surface area contributed by atoms with Crippen molar-refractivity contribution in [3.63, 3.8) is 0 Å². The van der Waals surface area contributed by atoms with Gasteiger partial charge in [0, 0.05) is 10.4 Å². The van der Waals surface area contributed by atoms with Crippen LogP contribution in [0.5, 0.6) is 0 Å². The molecule has 4 rings (SSSR count). The molecular weight excluding hydrogens is 318 g/mol. The average Bonchev–Trinajstić information content (AvgIpc) is 3.21. The Balaban J connectivity index is 1.74. The van der Waals surface area contributed by atoms with Crippen molar-refractivity contribution in [3.8, 4) is 10.6 Å². The highest BCUT2D eigenvalue weighted by atomic mass is 32.1. The number of fused-ring (bicyclic) bond motifs is 1. The number of thiophene rings is 1. The third-order valence-corrected chi connectivity index (χ3v) is 5.23. The highest BCUT2D eigenvalue weighted by molar-refractivity contribution is 7.22. The third kappa shape index (κ3) is 2.49. The number of aryl methyl sites for hydroxylation is 1. The number of anilines is 1. The fourth-order valence-corrected chi connectivity index (χ4v) is 3.97. The van der Waals surface area contributed by atoms with Gasteiger partial charge >= 0.3 is 6.03 Å². The Morgan fingerprint density at radius 3 is 2.58 bits per heavy atom. The topological polar surface area (TPSA) is 46.9 Å². The van der Waals surface area contributed by atoms with Crippen LogP contribution < -0.4 is 5.32 Å². The zero-order chi connectivity index (χ0) is 16.5. The fraction of sp³-hybridized carbons (Fsp3) is 0.0526. The molecule has 1 amide bonds. The van der Waals surface area contributed by atoms with Gasteiger partial charge in [-0.25, -0.2) is 4.79 Å². The van der Waals surface area contributed by atoms with E-state index in [1.165, 1.54) is 20.3 Å². The van der Waals surface area contributed by atoms with Crippen molar-refractivity contribution in [2.45, 2.75) is 6.92 Å². The van der Waals surface area contributed by atoms with E-state index in [0.717, 1.165) is 16.3 Å². The van der Waals surface area contributed by atoms with Crippen LogP contribution in [0.3, 0.4) is 0 Å². The van der Waals surface area contributed by atoms with Gasteiger partial charge in [-0.1, -0.05) is 36.4 Å². The van der Waals surface area contributed by atoms with Crippen LogP contribution in [0.2, 0.25) is 0 Å². The van der Waals surface area contributed by atoms with Crippen LogP contribution >= 0.6 is 11.3 Å². The molecule has 0 atom stereocenters. The zero-order valence-corrected chi connectivity index (χ0v) is 13.9. The van der Waals surface area contributed by atoms with Crippen LogP contribution in [-0.4, -0.2) is 15.8 Å². The normalized spacial score (nSPS) is 10.9. The maximum absolute atomic E-state index is 12.6. The molecule has 1 N–H and O–H groups in total. The summed E-state index contributed by atoms with van der Waals surface area (Å²) in [5.74, 6) is 0. The Morgan fingerprint density at radius 2 is 1.79 bits per heavy atom. The van der Waals surface area contributed by atoms with Crippen molar-refractivity contribution in [3.05, 3.63) is 72.4 Å². The van der Waals surface area contributed by atoms with E-state index in [9.17, 15) is 4.79 Å². The summed E-state index contributed by atoms with van der Waals surface area (Å²) >= 11 is 1.68. The lowest BCUT2D eigenvalue weighted by Crippen LogP contribution is -2.21. The molecule has 0 aliphatic rings. The SMILES string of the molecule is Cc1c(-c2ccnn2C(=O)Nc2ccccc2)sc2ccccc12. The van der Waals surface area contributed by atoms with Crippen molar-refractivity contribution in [2.75, 3.05) is 5.32 Å². The summed E-state index contributed by atoms with van der Waals surface area (Å²) in [4.78, 5) is 13.7. The Kier molecular flexibility index (Phi) is 3.63. The number of hydrogen-bond donors (Lipinski definition) is 1. The third-order valence-electron chi connectivity index (χ3n) is 3.94. The number of carbonyl (C=O) groups is 1. The molecular formula is C19H15N3OS. The first-order valence-electron chi connectivity index (χ1n) is 7.63. The molecule has 5 heteroatoms. The van der Waals surface area contributed by atoms with Gasteiger partial charge in [0.25, 0.3) is 0 Å². The Bertz CT molecular complexity index is 1020. The van der Waals surface area contributed by atoms with Gasteiger partial charge in [0.2, 0.25) is 0 Å². The summed E-state index contributed by atoms with van der Waals surface area (Å²) in [5.41, 5.74) is 2.73. The number of para-hydroxylation sites is 1. The van der Waals surface area contributed by atoms with E-state index in [2.05, 4.69) is 29.5 Å². The minimum Gasteiger partial charge on any atom is -0.306 e. The molecule has 0 radical (unpaired) electrons. The predicted molar refractivity (Wildman–Crippen MR) is 98.6 cm³/mol. The largest absolute Gasteiger partial charge is 0.347 e. The van der Waals surface area contributed by atoms with Gasteiger partial charge in [0.15, 0.2) is 0 Å². The van der Waals surface area contributed by atoms with Crippen LogP contribution in [0.15, 0.2) is 66.9 Å². The highest BCUT2D eigenvalue weighted by Gasteiger charge is 2.17. The molecule has 0 aliphatic carbocycles. The number of hydrogen-bond acceptors (Lipinski definition) is 3. The summed E-state index contributed by atoms with van der Waals surface area (Å²) in [5, 5.41) is 8.30. The molecule has 0 aliphatic heterocycles. The van der Waals surface area contributed by atoms with E-state index < -0.39 is 0 Å². The van der Waals surface area contributed by atoms with Crippen molar-refractivity contribution >= 4 is 33.1 Å². The monoisotopic (exact) mass is 333 g/mol. The van der Waals surface area contributed by atoms with E-state index in [1.54, 1.807) is 17.5 Å². The van der Waals surface area contributed by atoms with Crippen molar-refractivity contribution in [2.24, 2.45) is 0 Å². The van der Waals surface area contributed by atoms with Crippen molar-refractivity contribution < 1.29 is 4.79 Å². The van der Waals surface area contributed by atoms with E-state index in [0.29, 0.717) is 0 Å². The van der Waals surface area contributed by atoms with Crippen LogP contribution in [0, 0.1) is 6.92 Å². The lowest BCUT2D eigenvalue weighted by molar-refractivity contribution is 0.251. The molecule has 0 unspecified atom stereocenters. The number of amides is 1. The lowest BCUT2D eigenvalue weighted by atomic mass is 10.1. The maximum atomic E-state index is 12.6. The van der Waals surface area contributed by atoms with Gasteiger partial charge < -0.3 is 5.32 Å². The number of nitrogens with zero attached hydrogens (tertiary/aromatic N) is 2. The quantitative estimate of drug-likeness (QED) is 0.551. The molecule has 0 saturated carbocycles. The second-order valence-corrected chi connectivity index (χ2v) is 6.53. The van der Waals surface area contributed by atoms with Crippen molar-refractivity contribution in [1.82, 2.24) is 9.78 Å².